The maximum absolute atomic E-state index is 12.6. The van der Waals surface area contributed by atoms with E-state index >= 15 is 0 Å². The summed E-state index contributed by atoms with van der Waals surface area (Å²) in [4.78, 5) is 25.1. The second-order valence-corrected chi connectivity index (χ2v) is 11.0. The van der Waals surface area contributed by atoms with Crippen molar-refractivity contribution in [1.29, 1.82) is 0 Å². The third-order valence-corrected chi connectivity index (χ3v) is 7.95. The number of H-pyrrole nitrogens is 1. The predicted molar refractivity (Wildman–Crippen MR) is 153 cm³/mol. The zero-order valence-electron chi connectivity index (χ0n) is 22.2. The second kappa shape index (κ2) is 11.2. The van der Waals surface area contributed by atoms with Gasteiger partial charge in [0.2, 0.25) is 5.88 Å². The number of nitrogens with zero attached hydrogens (tertiary/aromatic N) is 3. The molecule has 2 N–H and O–H groups in total. The molecule has 2 aromatic heterocycles. The normalized spacial score (nSPS) is 18.0. The summed E-state index contributed by atoms with van der Waals surface area (Å²) in [5, 5.41) is 5.53. The van der Waals surface area contributed by atoms with Crippen molar-refractivity contribution in [3.05, 3.63) is 55.9 Å². The van der Waals surface area contributed by atoms with Gasteiger partial charge in [-0.1, -0.05) is 15.9 Å². The Morgan fingerprint density at radius 3 is 2.39 bits per heavy atom. The number of nitrogens with one attached hydrogen (secondary N) is 2. The second-order valence-electron chi connectivity index (χ2n) is 10.0. The first kappa shape index (κ1) is 26.5. The third kappa shape index (κ3) is 5.54. The number of aromatic amines is 1. The van der Waals surface area contributed by atoms with Crippen LogP contribution in [0.3, 0.4) is 0 Å². The van der Waals surface area contributed by atoms with Crippen molar-refractivity contribution >= 4 is 38.2 Å². The summed E-state index contributed by atoms with van der Waals surface area (Å²) in [6.45, 7) is 7.40. The lowest BCUT2D eigenvalue weighted by Gasteiger charge is -2.40. The van der Waals surface area contributed by atoms with Gasteiger partial charge in [0, 0.05) is 63.4 Å². The van der Waals surface area contributed by atoms with Gasteiger partial charge in [-0.3, -0.25) is 4.79 Å². The van der Waals surface area contributed by atoms with E-state index < -0.39 is 0 Å². The van der Waals surface area contributed by atoms with Gasteiger partial charge in [-0.25, -0.2) is 0 Å². The molecule has 0 unspecified atom stereocenters. The Kier molecular flexibility index (Phi) is 8.25. The summed E-state index contributed by atoms with van der Waals surface area (Å²) in [6, 6.07) is 9.48. The highest BCUT2D eigenvalue weighted by Gasteiger charge is 2.28. The number of benzene rings is 1. The fourth-order valence-corrected chi connectivity index (χ4v) is 5.99. The number of hydrogen-bond donors (Lipinski definition) is 2. The molecule has 8 heteroatoms. The van der Waals surface area contributed by atoms with Crippen LogP contribution in [-0.4, -0.2) is 54.7 Å². The van der Waals surface area contributed by atoms with E-state index in [1.807, 2.05) is 26.0 Å². The number of fused-ring (bicyclic) bond motifs is 1. The van der Waals surface area contributed by atoms with Crippen molar-refractivity contribution in [1.82, 2.24) is 14.9 Å². The van der Waals surface area contributed by atoms with Gasteiger partial charge in [0.15, 0.2) is 0 Å². The fourth-order valence-electron chi connectivity index (χ4n) is 5.54. The van der Waals surface area contributed by atoms with Crippen LogP contribution >= 0.6 is 15.9 Å². The van der Waals surface area contributed by atoms with E-state index in [0.29, 0.717) is 35.9 Å². The van der Waals surface area contributed by atoms with Gasteiger partial charge < -0.3 is 24.8 Å². The highest BCUT2D eigenvalue weighted by molar-refractivity contribution is 9.10. The Bertz CT molecular complexity index is 1280. The molecule has 194 valence electrons. The van der Waals surface area contributed by atoms with Gasteiger partial charge in [-0.2, -0.15) is 4.98 Å². The molecule has 0 aliphatic heterocycles. The van der Waals surface area contributed by atoms with E-state index in [9.17, 15) is 4.79 Å². The van der Waals surface area contributed by atoms with Crippen LogP contribution in [0.25, 0.3) is 10.8 Å². The topological polar surface area (TPSA) is 73.5 Å². The van der Waals surface area contributed by atoms with Gasteiger partial charge in [0.25, 0.3) is 5.56 Å². The lowest BCUT2D eigenvalue weighted by atomic mass is 9.89. The molecule has 0 saturated heterocycles. The number of aryl methyl sites for hydroxylation is 2. The summed E-state index contributed by atoms with van der Waals surface area (Å²) in [5.74, 6) is 1.26. The van der Waals surface area contributed by atoms with Gasteiger partial charge in [0.1, 0.15) is 5.82 Å². The summed E-state index contributed by atoms with van der Waals surface area (Å²) in [5.41, 5.74) is 3.65. The molecule has 4 rings (SSSR count). The number of methoxy groups -OCH3 is 1. The summed E-state index contributed by atoms with van der Waals surface area (Å²) < 4.78 is 6.61. The van der Waals surface area contributed by atoms with Crippen molar-refractivity contribution in [2.24, 2.45) is 0 Å². The van der Waals surface area contributed by atoms with E-state index in [4.69, 9.17) is 9.72 Å². The third-order valence-electron chi connectivity index (χ3n) is 7.49. The van der Waals surface area contributed by atoms with Gasteiger partial charge in [-0.05, 0) is 84.3 Å². The van der Waals surface area contributed by atoms with Crippen molar-refractivity contribution in [2.45, 2.75) is 65.1 Å². The molecule has 0 spiro atoms. The number of aromatic nitrogens is 2. The summed E-state index contributed by atoms with van der Waals surface area (Å²) >= 11 is 3.76. The van der Waals surface area contributed by atoms with Crippen LogP contribution in [-0.2, 0) is 6.54 Å². The average molecular weight is 557 g/mol. The zero-order chi connectivity index (χ0) is 26.0. The van der Waals surface area contributed by atoms with Crippen LogP contribution in [0.2, 0.25) is 0 Å². The first-order valence-electron chi connectivity index (χ1n) is 12.8. The van der Waals surface area contributed by atoms with Gasteiger partial charge >= 0.3 is 0 Å². The van der Waals surface area contributed by atoms with Gasteiger partial charge in [-0.15, -0.1) is 0 Å². The Morgan fingerprint density at radius 2 is 1.78 bits per heavy atom. The van der Waals surface area contributed by atoms with Crippen molar-refractivity contribution in [3.63, 3.8) is 0 Å². The number of rotatable bonds is 8. The van der Waals surface area contributed by atoms with Crippen LogP contribution in [0.5, 0.6) is 5.88 Å². The minimum absolute atomic E-state index is 0.0699. The first-order chi connectivity index (χ1) is 17.2. The molecule has 0 bridgehead atoms. The molecule has 36 heavy (non-hydrogen) atoms. The van der Waals surface area contributed by atoms with Crippen LogP contribution in [0, 0.1) is 13.8 Å². The SMILES string of the molecule is CCN(c1cc(Br)cc2c(NCc3c(C)cc(C)[nH]c3=O)nc(OC)cc12)C1CCC(N(C)C)CC1. The molecule has 3 aromatic rings. The smallest absolute Gasteiger partial charge is 0.253 e. The number of hydrogen-bond acceptors (Lipinski definition) is 6. The Balaban J connectivity index is 1.73. The fraction of sp³-hybridized carbons (Fsp3) is 0.500. The monoisotopic (exact) mass is 555 g/mol. The van der Waals surface area contributed by atoms with E-state index in [2.05, 4.69) is 69.2 Å². The Labute approximate surface area is 222 Å². The molecule has 0 atom stereocenters. The lowest BCUT2D eigenvalue weighted by Crippen LogP contribution is -2.42. The highest BCUT2D eigenvalue weighted by Crippen LogP contribution is 2.39. The zero-order valence-corrected chi connectivity index (χ0v) is 23.8. The van der Waals surface area contributed by atoms with Crippen molar-refractivity contribution < 1.29 is 4.74 Å². The van der Waals surface area contributed by atoms with Gasteiger partial charge in [0.05, 0.1) is 7.11 Å². The van der Waals surface area contributed by atoms with Crippen LogP contribution in [0.15, 0.2) is 33.5 Å². The molecule has 0 amide bonds. The molecule has 1 aliphatic carbocycles. The van der Waals surface area contributed by atoms with E-state index in [-0.39, 0.29) is 5.56 Å². The van der Waals surface area contributed by atoms with E-state index in [1.54, 1.807) is 7.11 Å². The quantitative estimate of drug-likeness (QED) is 0.375. The molecule has 1 aliphatic rings. The molecule has 1 saturated carbocycles. The van der Waals surface area contributed by atoms with Crippen molar-refractivity contribution in [2.75, 3.05) is 38.0 Å². The largest absolute Gasteiger partial charge is 0.481 e. The molecule has 2 heterocycles. The highest BCUT2D eigenvalue weighted by atomic mass is 79.9. The minimum atomic E-state index is -0.0699. The maximum Gasteiger partial charge on any atom is 0.253 e. The molecular weight excluding hydrogens is 518 g/mol. The van der Waals surface area contributed by atoms with Crippen LogP contribution < -0.4 is 20.5 Å². The molecule has 0 radical (unpaired) electrons. The molecule has 1 fully saturated rings. The van der Waals surface area contributed by atoms with Crippen molar-refractivity contribution in [3.8, 4) is 5.88 Å². The summed E-state index contributed by atoms with van der Waals surface area (Å²) in [6.07, 6.45) is 4.77. The van der Waals surface area contributed by atoms with E-state index in [0.717, 1.165) is 33.0 Å². The van der Waals surface area contributed by atoms with Crippen LogP contribution in [0.4, 0.5) is 11.5 Å². The predicted octanol–water partition coefficient (Wildman–Crippen LogP) is 5.62. The molecule has 1 aromatic carbocycles. The Morgan fingerprint density at radius 1 is 1.08 bits per heavy atom. The lowest BCUT2D eigenvalue weighted by molar-refractivity contribution is 0.214. The number of anilines is 2. The molecule has 7 nitrogen and oxygen atoms in total. The number of halogens is 1. The Hall–Kier alpha value is -2.58. The number of ether oxygens (including phenoxy) is 1. The number of pyridine rings is 2. The average Bonchev–Trinajstić information content (AvgIpc) is 2.84. The molecular formula is C28H38BrN5O2. The summed E-state index contributed by atoms with van der Waals surface area (Å²) in [7, 11) is 6.01. The standard InChI is InChI=1S/C28H38BrN5O2/c1-7-34(21-10-8-20(9-11-21)33(4)5)25-14-19(29)13-23-22(25)15-26(36-6)32-27(23)30-16-24-17(2)12-18(3)31-28(24)35/h12-15,20-21H,7-11,16H2,1-6H3,(H,30,32)(H,31,35). The van der Waals surface area contributed by atoms with Crippen LogP contribution in [0.1, 0.15) is 49.4 Å². The van der Waals surface area contributed by atoms with E-state index in [1.165, 1.54) is 31.4 Å². The minimum Gasteiger partial charge on any atom is -0.481 e. The first-order valence-corrected chi connectivity index (χ1v) is 13.6. The maximum atomic E-state index is 12.6.